The Morgan fingerprint density at radius 3 is 2.05 bits per heavy atom. The van der Waals surface area contributed by atoms with Crippen molar-refractivity contribution in [2.24, 2.45) is 11.3 Å². The number of carbonyl (C=O) groups excluding carboxylic acids is 2. The number of piperidine rings is 1. The van der Waals surface area contributed by atoms with Crippen LogP contribution in [0.4, 0.5) is 0 Å². The molecule has 2 amide bonds. The molecule has 2 N–H and O–H groups in total. The van der Waals surface area contributed by atoms with Gasteiger partial charge in [0.1, 0.15) is 6.04 Å². The average Bonchev–Trinajstić information content (AvgIpc) is 2.33. The second-order valence-electron chi connectivity index (χ2n) is 6.43. The molecule has 1 rings (SSSR count). The smallest absolute Gasteiger partial charge is 0.326 e. The van der Waals surface area contributed by atoms with Gasteiger partial charge in [0.15, 0.2) is 0 Å². The van der Waals surface area contributed by atoms with Crippen LogP contribution in [-0.2, 0) is 14.4 Å². The van der Waals surface area contributed by atoms with Crippen LogP contribution < -0.4 is 5.32 Å². The number of likely N-dealkylation sites (tertiary alicyclic amines) is 1. The number of aliphatic carboxylic acids is 1. The highest BCUT2D eigenvalue weighted by Gasteiger charge is 2.35. The molecule has 6 nitrogen and oxygen atoms in total. The van der Waals surface area contributed by atoms with E-state index in [1.165, 1.54) is 6.92 Å². The summed E-state index contributed by atoms with van der Waals surface area (Å²) < 4.78 is 0. The summed E-state index contributed by atoms with van der Waals surface area (Å²) in [6, 6.07) is -0.902. The highest BCUT2D eigenvalue weighted by molar-refractivity contribution is 5.85. The first-order valence-corrected chi connectivity index (χ1v) is 6.91. The van der Waals surface area contributed by atoms with Gasteiger partial charge in [-0.05, 0) is 18.3 Å². The third-order valence-electron chi connectivity index (χ3n) is 3.71. The van der Waals surface area contributed by atoms with Crippen molar-refractivity contribution in [1.82, 2.24) is 10.2 Å². The van der Waals surface area contributed by atoms with Gasteiger partial charge in [-0.1, -0.05) is 20.8 Å². The van der Waals surface area contributed by atoms with Crippen molar-refractivity contribution in [3.63, 3.8) is 0 Å². The van der Waals surface area contributed by atoms with E-state index in [2.05, 4.69) is 5.32 Å². The lowest BCUT2D eigenvalue weighted by Gasteiger charge is -2.33. The van der Waals surface area contributed by atoms with Crippen LogP contribution in [0.2, 0.25) is 0 Å². The maximum absolute atomic E-state index is 12.2. The SMILES string of the molecule is CC(=O)N1CCC(C(=O)N[C@H](C(=O)O)C(C)(C)C)CC1. The molecule has 1 fully saturated rings. The Balaban J connectivity index is 2.59. The maximum Gasteiger partial charge on any atom is 0.326 e. The lowest BCUT2D eigenvalue weighted by Crippen LogP contribution is -2.52. The van der Waals surface area contributed by atoms with Crippen molar-refractivity contribution in [2.45, 2.75) is 46.6 Å². The van der Waals surface area contributed by atoms with Crippen molar-refractivity contribution in [2.75, 3.05) is 13.1 Å². The molecule has 0 aromatic heterocycles. The number of carboxylic acid groups (broad SMARTS) is 1. The van der Waals surface area contributed by atoms with Gasteiger partial charge in [-0.2, -0.15) is 0 Å². The Bertz CT molecular complexity index is 392. The fraction of sp³-hybridized carbons (Fsp3) is 0.786. The predicted molar refractivity (Wildman–Crippen MR) is 74.0 cm³/mol. The number of hydrogen-bond donors (Lipinski definition) is 2. The molecule has 0 aromatic carbocycles. The monoisotopic (exact) mass is 284 g/mol. The number of nitrogens with zero attached hydrogens (tertiary/aromatic N) is 1. The van der Waals surface area contributed by atoms with Crippen molar-refractivity contribution in [3.8, 4) is 0 Å². The van der Waals surface area contributed by atoms with Crippen molar-refractivity contribution >= 4 is 17.8 Å². The minimum absolute atomic E-state index is 0.0157. The van der Waals surface area contributed by atoms with Gasteiger partial charge < -0.3 is 15.3 Å². The van der Waals surface area contributed by atoms with Gasteiger partial charge in [0, 0.05) is 25.9 Å². The zero-order chi connectivity index (χ0) is 15.5. The lowest BCUT2D eigenvalue weighted by molar-refractivity contribution is -0.146. The summed E-state index contributed by atoms with van der Waals surface area (Å²) in [6.07, 6.45) is 1.17. The topological polar surface area (TPSA) is 86.7 Å². The molecule has 1 heterocycles. The quantitative estimate of drug-likeness (QED) is 0.804. The Labute approximate surface area is 119 Å². The highest BCUT2D eigenvalue weighted by atomic mass is 16.4. The van der Waals surface area contributed by atoms with E-state index < -0.39 is 17.4 Å². The minimum atomic E-state index is -1.02. The minimum Gasteiger partial charge on any atom is -0.480 e. The molecule has 1 aliphatic heterocycles. The van der Waals surface area contributed by atoms with Crippen LogP contribution in [0.3, 0.4) is 0 Å². The summed E-state index contributed by atoms with van der Waals surface area (Å²) in [7, 11) is 0. The Morgan fingerprint density at radius 1 is 1.20 bits per heavy atom. The number of rotatable bonds is 3. The molecule has 1 saturated heterocycles. The molecule has 0 radical (unpaired) electrons. The van der Waals surface area contributed by atoms with Gasteiger partial charge in [0.2, 0.25) is 11.8 Å². The molecule has 114 valence electrons. The molecule has 0 aromatic rings. The number of hydrogen-bond acceptors (Lipinski definition) is 3. The molecule has 6 heteroatoms. The number of amides is 2. The number of carbonyl (C=O) groups is 3. The molecule has 0 bridgehead atoms. The molecule has 0 unspecified atom stereocenters. The van der Waals surface area contributed by atoms with Gasteiger partial charge in [0.25, 0.3) is 0 Å². The van der Waals surface area contributed by atoms with Gasteiger partial charge in [0.05, 0.1) is 0 Å². The highest BCUT2D eigenvalue weighted by Crippen LogP contribution is 2.22. The largest absolute Gasteiger partial charge is 0.480 e. The molecular weight excluding hydrogens is 260 g/mol. The zero-order valence-corrected chi connectivity index (χ0v) is 12.6. The number of carboxylic acids is 1. The first kappa shape index (κ1) is 16.5. The molecule has 20 heavy (non-hydrogen) atoms. The third kappa shape index (κ3) is 4.21. The van der Waals surface area contributed by atoms with Crippen LogP contribution in [0.5, 0.6) is 0 Å². The fourth-order valence-corrected chi connectivity index (χ4v) is 2.37. The van der Waals surface area contributed by atoms with Crippen molar-refractivity contribution in [3.05, 3.63) is 0 Å². The number of nitrogens with one attached hydrogen (secondary N) is 1. The molecule has 0 saturated carbocycles. The average molecular weight is 284 g/mol. The molecule has 1 atom stereocenters. The maximum atomic E-state index is 12.2. The molecule has 0 spiro atoms. The first-order valence-electron chi connectivity index (χ1n) is 6.91. The summed E-state index contributed by atoms with van der Waals surface area (Å²) in [5.41, 5.74) is -0.540. The van der Waals surface area contributed by atoms with E-state index in [9.17, 15) is 19.5 Å². The van der Waals surface area contributed by atoms with Crippen molar-refractivity contribution in [1.29, 1.82) is 0 Å². The second kappa shape index (κ2) is 6.24. The van der Waals surface area contributed by atoms with E-state index in [0.29, 0.717) is 25.9 Å². The van der Waals surface area contributed by atoms with E-state index >= 15 is 0 Å². The van der Waals surface area contributed by atoms with Crippen LogP contribution in [0, 0.1) is 11.3 Å². The van der Waals surface area contributed by atoms with Crippen LogP contribution >= 0.6 is 0 Å². The lowest BCUT2D eigenvalue weighted by atomic mass is 9.86. The summed E-state index contributed by atoms with van der Waals surface area (Å²) in [4.78, 5) is 36.3. The summed E-state index contributed by atoms with van der Waals surface area (Å²) in [5.74, 6) is -1.45. The molecule has 1 aliphatic rings. The van der Waals surface area contributed by atoms with E-state index in [-0.39, 0.29) is 17.7 Å². The van der Waals surface area contributed by atoms with Crippen LogP contribution in [0.25, 0.3) is 0 Å². The van der Waals surface area contributed by atoms with E-state index in [4.69, 9.17) is 0 Å². The summed E-state index contributed by atoms with van der Waals surface area (Å²) in [5, 5.41) is 11.8. The zero-order valence-electron chi connectivity index (χ0n) is 12.6. The predicted octanol–water partition coefficient (Wildman–Crippen LogP) is 0.860. The van der Waals surface area contributed by atoms with Gasteiger partial charge >= 0.3 is 5.97 Å². The van der Waals surface area contributed by atoms with Gasteiger partial charge in [-0.3, -0.25) is 9.59 Å². The van der Waals surface area contributed by atoms with Crippen LogP contribution in [-0.4, -0.2) is 46.9 Å². The van der Waals surface area contributed by atoms with Gasteiger partial charge in [-0.25, -0.2) is 4.79 Å². The Morgan fingerprint density at radius 2 is 1.70 bits per heavy atom. The van der Waals surface area contributed by atoms with E-state index in [1.54, 1.807) is 25.7 Å². The van der Waals surface area contributed by atoms with Crippen LogP contribution in [0.15, 0.2) is 0 Å². The third-order valence-corrected chi connectivity index (χ3v) is 3.71. The first-order chi connectivity index (χ1) is 9.12. The fourth-order valence-electron chi connectivity index (χ4n) is 2.37. The van der Waals surface area contributed by atoms with Crippen molar-refractivity contribution < 1.29 is 19.5 Å². The Kier molecular flexibility index (Phi) is 5.14. The van der Waals surface area contributed by atoms with E-state index in [1.807, 2.05) is 0 Å². The molecular formula is C14H24N2O4. The van der Waals surface area contributed by atoms with E-state index in [0.717, 1.165) is 0 Å². The second-order valence-corrected chi connectivity index (χ2v) is 6.43. The normalized spacial score (nSPS) is 18.5. The summed E-state index contributed by atoms with van der Waals surface area (Å²) >= 11 is 0. The molecule has 0 aliphatic carbocycles. The van der Waals surface area contributed by atoms with Crippen LogP contribution in [0.1, 0.15) is 40.5 Å². The Hall–Kier alpha value is -1.59. The van der Waals surface area contributed by atoms with Gasteiger partial charge in [-0.15, -0.1) is 0 Å². The standard InChI is InChI=1S/C14H24N2O4/c1-9(17)16-7-5-10(6-8-16)12(18)15-11(13(19)20)14(2,3)4/h10-11H,5-8H2,1-4H3,(H,15,18)(H,19,20)/t11-/m1/s1. The summed E-state index contributed by atoms with van der Waals surface area (Å²) in [6.45, 7) is 7.97.